The van der Waals surface area contributed by atoms with E-state index in [0.717, 1.165) is 24.2 Å². The smallest absolute Gasteiger partial charge is 0.133 e. The van der Waals surface area contributed by atoms with Crippen LogP contribution in [-0.4, -0.2) is 14.5 Å². The van der Waals surface area contributed by atoms with E-state index in [1.807, 2.05) is 4.40 Å². The largest absolute Gasteiger partial charge is 0.508 e. The summed E-state index contributed by atoms with van der Waals surface area (Å²) in [5.41, 5.74) is 6.72. The van der Waals surface area contributed by atoms with Crippen molar-refractivity contribution in [1.82, 2.24) is 9.38 Å². The number of nitrogens with two attached hydrogens (primary N) is 1. The maximum absolute atomic E-state index is 9.29. The molecule has 4 nitrogen and oxygen atoms in total. The minimum absolute atomic E-state index is 0.233. The lowest BCUT2D eigenvalue weighted by atomic mass is 10.3. The third-order valence-electron chi connectivity index (χ3n) is 2.75. The first-order valence-corrected chi connectivity index (χ1v) is 4.64. The van der Waals surface area contributed by atoms with Crippen LogP contribution in [0.5, 0.6) is 5.75 Å². The average Bonchev–Trinajstić information content (AvgIpc) is 2.77. The van der Waals surface area contributed by atoms with Gasteiger partial charge in [0, 0.05) is 12.3 Å². The number of aromatic hydroxyl groups is 1. The molecule has 2 aromatic rings. The Morgan fingerprint density at radius 2 is 2.29 bits per heavy atom. The molecule has 1 aliphatic carbocycles. The van der Waals surface area contributed by atoms with Crippen molar-refractivity contribution >= 4 is 5.52 Å². The molecule has 0 radical (unpaired) electrons. The minimum Gasteiger partial charge on any atom is -0.508 e. The number of pyridine rings is 1. The number of nitrogens with zero attached hydrogens (tertiary/aromatic N) is 2. The number of hydrogen-bond acceptors (Lipinski definition) is 3. The predicted octanol–water partition coefficient (Wildman–Crippen LogP) is 0.988. The molecule has 14 heavy (non-hydrogen) atoms. The summed E-state index contributed by atoms with van der Waals surface area (Å²) < 4.78 is 1.94. The van der Waals surface area contributed by atoms with Crippen LogP contribution in [0.3, 0.4) is 0 Å². The Balaban J connectivity index is 2.27. The molecule has 0 saturated heterocycles. The fourth-order valence-electron chi connectivity index (χ4n) is 1.71. The van der Waals surface area contributed by atoms with Crippen LogP contribution in [0.15, 0.2) is 24.5 Å². The molecule has 1 saturated carbocycles. The molecular formula is C10H11N3O. The molecule has 0 unspecified atom stereocenters. The van der Waals surface area contributed by atoms with Crippen molar-refractivity contribution in [3.8, 4) is 5.75 Å². The van der Waals surface area contributed by atoms with Gasteiger partial charge in [-0.2, -0.15) is 0 Å². The van der Waals surface area contributed by atoms with Gasteiger partial charge in [-0.1, -0.05) is 0 Å². The van der Waals surface area contributed by atoms with Crippen molar-refractivity contribution in [2.45, 2.75) is 18.4 Å². The highest BCUT2D eigenvalue weighted by Gasteiger charge is 2.43. The zero-order valence-corrected chi connectivity index (χ0v) is 7.64. The van der Waals surface area contributed by atoms with E-state index in [9.17, 15) is 5.11 Å². The van der Waals surface area contributed by atoms with E-state index in [0.29, 0.717) is 0 Å². The Kier molecular flexibility index (Phi) is 1.27. The fraction of sp³-hybridized carbons (Fsp3) is 0.300. The molecule has 4 heteroatoms. The fourth-order valence-corrected chi connectivity index (χ4v) is 1.71. The number of aromatic nitrogens is 2. The summed E-state index contributed by atoms with van der Waals surface area (Å²) in [6.45, 7) is 0. The van der Waals surface area contributed by atoms with Crippen molar-refractivity contribution in [2.75, 3.05) is 0 Å². The van der Waals surface area contributed by atoms with Crippen LogP contribution in [0, 0.1) is 0 Å². The summed E-state index contributed by atoms with van der Waals surface area (Å²) in [4.78, 5) is 4.30. The average molecular weight is 189 g/mol. The van der Waals surface area contributed by atoms with Crippen molar-refractivity contribution in [1.29, 1.82) is 0 Å². The zero-order chi connectivity index (χ0) is 9.76. The Bertz CT molecular complexity index is 499. The van der Waals surface area contributed by atoms with Gasteiger partial charge in [-0.25, -0.2) is 4.98 Å². The first-order valence-electron chi connectivity index (χ1n) is 4.64. The summed E-state index contributed by atoms with van der Waals surface area (Å²) in [7, 11) is 0. The summed E-state index contributed by atoms with van der Waals surface area (Å²) in [5.74, 6) is 1.15. The van der Waals surface area contributed by atoms with Gasteiger partial charge in [-0.15, -0.1) is 0 Å². The number of hydrogen-bond donors (Lipinski definition) is 2. The predicted molar refractivity (Wildman–Crippen MR) is 52.0 cm³/mol. The third-order valence-corrected chi connectivity index (χ3v) is 2.75. The molecule has 0 aliphatic heterocycles. The molecule has 0 amide bonds. The number of rotatable bonds is 1. The van der Waals surface area contributed by atoms with Crippen LogP contribution in [0.25, 0.3) is 5.52 Å². The Labute approximate surface area is 81.0 Å². The van der Waals surface area contributed by atoms with Gasteiger partial charge in [0.2, 0.25) is 0 Å². The highest BCUT2D eigenvalue weighted by Crippen LogP contribution is 2.41. The highest BCUT2D eigenvalue weighted by atomic mass is 16.3. The van der Waals surface area contributed by atoms with E-state index in [1.165, 1.54) is 0 Å². The molecule has 0 aromatic carbocycles. The molecule has 0 bridgehead atoms. The van der Waals surface area contributed by atoms with Crippen molar-refractivity contribution in [3.63, 3.8) is 0 Å². The molecule has 0 spiro atoms. The van der Waals surface area contributed by atoms with E-state index < -0.39 is 0 Å². The molecular weight excluding hydrogens is 178 g/mol. The Hall–Kier alpha value is -1.55. The van der Waals surface area contributed by atoms with Crippen LogP contribution >= 0.6 is 0 Å². The Morgan fingerprint density at radius 3 is 3.00 bits per heavy atom. The van der Waals surface area contributed by atoms with Crippen LogP contribution in [0.1, 0.15) is 18.7 Å². The molecule has 1 aliphatic rings. The summed E-state index contributed by atoms with van der Waals surface area (Å²) in [6, 6.07) is 3.33. The van der Waals surface area contributed by atoms with Crippen molar-refractivity contribution < 1.29 is 5.11 Å². The van der Waals surface area contributed by atoms with E-state index in [4.69, 9.17) is 5.73 Å². The van der Waals surface area contributed by atoms with E-state index in [-0.39, 0.29) is 11.3 Å². The van der Waals surface area contributed by atoms with Gasteiger partial charge in [-0.05, 0) is 18.9 Å². The first-order chi connectivity index (χ1) is 6.69. The summed E-state index contributed by atoms with van der Waals surface area (Å²) in [5, 5.41) is 9.29. The zero-order valence-electron chi connectivity index (χ0n) is 7.64. The quantitative estimate of drug-likeness (QED) is 0.703. The molecule has 2 aromatic heterocycles. The topological polar surface area (TPSA) is 63.5 Å². The number of fused-ring (bicyclic) bond motifs is 1. The van der Waals surface area contributed by atoms with Gasteiger partial charge < -0.3 is 15.2 Å². The second-order valence-corrected chi connectivity index (χ2v) is 3.92. The molecule has 72 valence electrons. The van der Waals surface area contributed by atoms with Crippen LogP contribution in [0.4, 0.5) is 0 Å². The summed E-state index contributed by atoms with van der Waals surface area (Å²) >= 11 is 0. The lowest BCUT2D eigenvalue weighted by Gasteiger charge is -2.06. The van der Waals surface area contributed by atoms with Gasteiger partial charge in [0.1, 0.15) is 11.6 Å². The molecule has 0 atom stereocenters. The van der Waals surface area contributed by atoms with Gasteiger partial charge in [0.25, 0.3) is 0 Å². The SMILES string of the molecule is NC1(c2ncc3cc(O)ccn23)CC1. The maximum Gasteiger partial charge on any atom is 0.133 e. The van der Waals surface area contributed by atoms with Gasteiger partial charge in [0.05, 0.1) is 17.3 Å². The van der Waals surface area contributed by atoms with Crippen molar-refractivity contribution in [2.24, 2.45) is 5.73 Å². The van der Waals surface area contributed by atoms with Gasteiger partial charge >= 0.3 is 0 Å². The third kappa shape index (κ3) is 0.943. The minimum atomic E-state index is -0.233. The van der Waals surface area contributed by atoms with Crippen LogP contribution in [-0.2, 0) is 5.54 Å². The molecule has 3 N–H and O–H groups in total. The van der Waals surface area contributed by atoms with E-state index in [1.54, 1.807) is 24.5 Å². The highest BCUT2D eigenvalue weighted by molar-refractivity contribution is 5.51. The monoisotopic (exact) mass is 189 g/mol. The molecule has 3 rings (SSSR count). The van der Waals surface area contributed by atoms with Crippen LogP contribution in [0.2, 0.25) is 0 Å². The lowest BCUT2D eigenvalue weighted by Crippen LogP contribution is -2.21. The van der Waals surface area contributed by atoms with Gasteiger partial charge in [0.15, 0.2) is 0 Å². The standard InChI is InChI=1S/C10H11N3O/c11-10(2-3-10)9-12-6-7-5-8(14)1-4-13(7)9/h1,4-6,14H,2-3,11H2. The molecule has 1 fully saturated rings. The van der Waals surface area contributed by atoms with Gasteiger partial charge in [-0.3, -0.25) is 0 Å². The molecule has 2 heterocycles. The lowest BCUT2D eigenvalue weighted by molar-refractivity contribution is 0.475. The normalized spacial score (nSPS) is 18.6. The number of imidazole rings is 1. The van der Waals surface area contributed by atoms with Crippen molar-refractivity contribution in [3.05, 3.63) is 30.4 Å². The second kappa shape index (κ2) is 2.27. The van der Waals surface area contributed by atoms with E-state index in [2.05, 4.69) is 4.98 Å². The second-order valence-electron chi connectivity index (χ2n) is 3.92. The van der Waals surface area contributed by atoms with E-state index >= 15 is 0 Å². The maximum atomic E-state index is 9.29. The Morgan fingerprint density at radius 1 is 1.50 bits per heavy atom. The first kappa shape index (κ1) is 7.82. The van der Waals surface area contributed by atoms with Crippen LogP contribution < -0.4 is 5.73 Å². The summed E-state index contributed by atoms with van der Waals surface area (Å²) in [6.07, 6.45) is 5.53.